The van der Waals surface area contributed by atoms with E-state index in [9.17, 15) is 18.4 Å². The number of anilines is 2. The summed E-state index contributed by atoms with van der Waals surface area (Å²) >= 11 is 0. The molecular formula is C22H24F2N2O2. The molecule has 6 heteroatoms. The molecule has 1 aliphatic rings. The first kappa shape index (κ1) is 20.0. The number of para-hydroxylation sites is 1. The molecule has 0 bridgehead atoms. The first-order valence-corrected chi connectivity index (χ1v) is 9.48. The first-order chi connectivity index (χ1) is 13.3. The van der Waals surface area contributed by atoms with E-state index >= 15 is 0 Å². The average Bonchev–Trinajstić information content (AvgIpc) is 2.67. The largest absolute Gasteiger partial charge is 0.326 e. The van der Waals surface area contributed by atoms with Gasteiger partial charge < -0.3 is 10.6 Å². The first-order valence-electron chi connectivity index (χ1n) is 9.48. The molecule has 1 saturated carbocycles. The fraction of sp³-hybridized carbons (Fsp3) is 0.364. The van der Waals surface area contributed by atoms with E-state index in [1.54, 1.807) is 0 Å². The highest BCUT2D eigenvalue weighted by Gasteiger charge is 2.30. The lowest BCUT2D eigenvalue weighted by molar-refractivity contribution is -0.125. The van der Waals surface area contributed by atoms with Gasteiger partial charge in [0.15, 0.2) is 0 Å². The van der Waals surface area contributed by atoms with Gasteiger partial charge in [-0.05, 0) is 68.9 Å². The minimum Gasteiger partial charge on any atom is -0.326 e. The van der Waals surface area contributed by atoms with Crippen LogP contribution in [0.25, 0.3) is 0 Å². The van der Waals surface area contributed by atoms with Crippen molar-refractivity contribution in [3.8, 4) is 0 Å². The van der Waals surface area contributed by atoms with Crippen LogP contribution >= 0.6 is 0 Å². The molecule has 0 radical (unpaired) electrons. The van der Waals surface area contributed by atoms with Crippen LogP contribution in [-0.4, -0.2) is 11.8 Å². The normalized spacial score (nSPS) is 19.1. The Balaban J connectivity index is 1.56. The zero-order valence-electron chi connectivity index (χ0n) is 16.0. The molecule has 1 fully saturated rings. The lowest BCUT2D eigenvalue weighted by Crippen LogP contribution is -2.32. The number of hydrogen-bond acceptors (Lipinski definition) is 2. The van der Waals surface area contributed by atoms with Gasteiger partial charge in [-0.25, -0.2) is 8.78 Å². The third kappa shape index (κ3) is 4.55. The summed E-state index contributed by atoms with van der Waals surface area (Å²) < 4.78 is 27.4. The van der Waals surface area contributed by atoms with Gasteiger partial charge >= 0.3 is 0 Å². The number of carbonyl (C=O) groups is 2. The van der Waals surface area contributed by atoms with Crippen molar-refractivity contribution in [2.45, 2.75) is 39.5 Å². The van der Waals surface area contributed by atoms with Crippen molar-refractivity contribution in [1.82, 2.24) is 0 Å². The molecule has 28 heavy (non-hydrogen) atoms. The van der Waals surface area contributed by atoms with Crippen LogP contribution < -0.4 is 10.6 Å². The highest BCUT2D eigenvalue weighted by atomic mass is 19.1. The van der Waals surface area contributed by atoms with Crippen LogP contribution in [0.2, 0.25) is 0 Å². The van der Waals surface area contributed by atoms with Gasteiger partial charge in [0.05, 0.1) is 0 Å². The second-order valence-corrected chi connectivity index (χ2v) is 7.44. The van der Waals surface area contributed by atoms with Crippen molar-refractivity contribution in [1.29, 1.82) is 0 Å². The minimum absolute atomic E-state index is 0.0484. The third-order valence-electron chi connectivity index (χ3n) is 5.33. The quantitative estimate of drug-likeness (QED) is 0.780. The smallest absolute Gasteiger partial charge is 0.227 e. The van der Waals surface area contributed by atoms with Gasteiger partial charge in [0.25, 0.3) is 0 Å². The number of rotatable bonds is 4. The highest BCUT2D eigenvalue weighted by molar-refractivity contribution is 5.95. The van der Waals surface area contributed by atoms with Crippen LogP contribution in [0.3, 0.4) is 0 Å². The molecule has 4 nitrogen and oxygen atoms in total. The van der Waals surface area contributed by atoms with E-state index in [0.29, 0.717) is 25.7 Å². The van der Waals surface area contributed by atoms with Crippen molar-refractivity contribution in [3.63, 3.8) is 0 Å². The Morgan fingerprint density at radius 2 is 1.39 bits per heavy atom. The second kappa shape index (κ2) is 8.50. The Bertz CT molecular complexity index is 870. The standard InChI is InChI=1S/C22H24F2N2O2/c1-13-6-7-14(2)19(12-13)25-21(27)15-8-10-16(11-9-15)22(28)26-20-17(23)4-3-5-18(20)24/h3-7,12,15-16H,8-11H2,1-2H3,(H,25,27)(H,26,28). The molecule has 0 atom stereocenters. The Morgan fingerprint density at radius 3 is 1.96 bits per heavy atom. The number of halogens is 2. The van der Waals surface area contributed by atoms with Crippen molar-refractivity contribution in [3.05, 3.63) is 59.2 Å². The molecule has 0 saturated heterocycles. The van der Waals surface area contributed by atoms with E-state index in [0.717, 1.165) is 28.9 Å². The number of carbonyl (C=O) groups excluding carboxylic acids is 2. The number of benzene rings is 2. The molecule has 2 N–H and O–H groups in total. The third-order valence-corrected chi connectivity index (χ3v) is 5.33. The highest BCUT2D eigenvalue weighted by Crippen LogP contribution is 2.31. The molecular weight excluding hydrogens is 362 g/mol. The molecule has 148 valence electrons. The Labute approximate surface area is 163 Å². The number of nitrogens with one attached hydrogen (secondary N) is 2. The maximum atomic E-state index is 13.7. The Hall–Kier alpha value is -2.76. The maximum Gasteiger partial charge on any atom is 0.227 e. The minimum atomic E-state index is -0.796. The molecule has 2 aromatic carbocycles. The summed E-state index contributed by atoms with van der Waals surface area (Å²) in [5, 5.41) is 5.34. The molecule has 2 aromatic rings. The van der Waals surface area contributed by atoms with E-state index in [4.69, 9.17) is 0 Å². The molecule has 0 aromatic heterocycles. The van der Waals surface area contributed by atoms with Crippen LogP contribution in [0, 0.1) is 37.3 Å². The number of aryl methyl sites for hydroxylation is 2. The molecule has 3 rings (SSSR count). The lowest BCUT2D eigenvalue weighted by atomic mass is 9.81. The van der Waals surface area contributed by atoms with Crippen molar-refractivity contribution >= 4 is 23.2 Å². The van der Waals surface area contributed by atoms with Crippen LogP contribution in [0.15, 0.2) is 36.4 Å². The van der Waals surface area contributed by atoms with E-state index in [2.05, 4.69) is 10.6 Å². The lowest BCUT2D eigenvalue weighted by Gasteiger charge is -2.27. The summed E-state index contributed by atoms with van der Waals surface area (Å²) in [6.07, 6.45) is 2.14. The van der Waals surface area contributed by atoms with E-state index in [1.165, 1.54) is 6.07 Å². The zero-order valence-corrected chi connectivity index (χ0v) is 16.0. The maximum absolute atomic E-state index is 13.7. The van der Waals surface area contributed by atoms with Crippen LogP contribution in [0.1, 0.15) is 36.8 Å². The Kier molecular flexibility index (Phi) is 6.07. The number of amides is 2. The average molecular weight is 386 g/mol. The van der Waals surface area contributed by atoms with E-state index in [1.807, 2.05) is 32.0 Å². The molecule has 2 amide bonds. The summed E-state index contributed by atoms with van der Waals surface area (Å²) in [6.45, 7) is 3.91. The van der Waals surface area contributed by atoms with E-state index in [-0.39, 0.29) is 17.7 Å². The molecule has 0 heterocycles. The van der Waals surface area contributed by atoms with Gasteiger partial charge in [0, 0.05) is 17.5 Å². The molecule has 0 spiro atoms. The zero-order chi connectivity index (χ0) is 20.3. The van der Waals surface area contributed by atoms with Gasteiger partial charge in [-0.3, -0.25) is 9.59 Å². The van der Waals surface area contributed by atoms with Crippen LogP contribution in [0.4, 0.5) is 20.2 Å². The SMILES string of the molecule is Cc1ccc(C)c(NC(=O)C2CCC(C(=O)Nc3c(F)cccc3F)CC2)c1. The van der Waals surface area contributed by atoms with Gasteiger partial charge in [0.2, 0.25) is 11.8 Å². The van der Waals surface area contributed by atoms with Crippen molar-refractivity contribution in [2.24, 2.45) is 11.8 Å². The molecule has 0 aliphatic heterocycles. The van der Waals surface area contributed by atoms with Crippen LogP contribution in [0.5, 0.6) is 0 Å². The van der Waals surface area contributed by atoms with Gasteiger partial charge in [0.1, 0.15) is 17.3 Å². The van der Waals surface area contributed by atoms with Gasteiger partial charge in [-0.2, -0.15) is 0 Å². The summed E-state index contributed by atoms with van der Waals surface area (Å²) in [4.78, 5) is 25.0. The van der Waals surface area contributed by atoms with Gasteiger partial charge in [-0.15, -0.1) is 0 Å². The summed E-state index contributed by atoms with van der Waals surface area (Å²) in [7, 11) is 0. The van der Waals surface area contributed by atoms with Gasteiger partial charge in [-0.1, -0.05) is 18.2 Å². The second-order valence-electron chi connectivity index (χ2n) is 7.44. The fourth-order valence-corrected chi connectivity index (χ4v) is 3.57. The topological polar surface area (TPSA) is 58.2 Å². The van der Waals surface area contributed by atoms with Crippen molar-refractivity contribution < 1.29 is 18.4 Å². The number of hydrogen-bond donors (Lipinski definition) is 2. The monoisotopic (exact) mass is 386 g/mol. The molecule has 1 aliphatic carbocycles. The summed E-state index contributed by atoms with van der Waals surface area (Å²) in [6, 6.07) is 9.36. The predicted molar refractivity (Wildman–Crippen MR) is 105 cm³/mol. The Morgan fingerprint density at radius 1 is 0.857 bits per heavy atom. The predicted octanol–water partition coefficient (Wildman–Crippen LogP) is 4.97. The summed E-state index contributed by atoms with van der Waals surface area (Å²) in [5.74, 6) is -2.58. The summed E-state index contributed by atoms with van der Waals surface area (Å²) in [5.41, 5.74) is 2.46. The fourth-order valence-electron chi connectivity index (χ4n) is 3.57. The molecule has 0 unspecified atom stereocenters. The van der Waals surface area contributed by atoms with Crippen molar-refractivity contribution in [2.75, 3.05) is 10.6 Å². The van der Waals surface area contributed by atoms with E-state index < -0.39 is 23.2 Å². The van der Waals surface area contributed by atoms with Crippen LogP contribution in [-0.2, 0) is 9.59 Å².